The summed E-state index contributed by atoms with van der Waals surface area (Å²) in [5.74, 6) is 1.66. The fraction of sp³-hybridized carbons (Fsp3) is 0.500. The maximum absolute atomic E-state index is 5.47. The SMILES string of the molecule is CCOc1cccc(C=CCCNCC(C)C)c1. The van der Waals surface area contributed by atoms with Crippen molar-refractivity contribution < 1.29 is 4.74 Å². The first-order chi connectivity index (χ1) is 8.72. The summed E-state index contributed by atoms with van der Waals surface area (Å²) in [6.07, 6.45) is 5.42. The van der Waals surface area contributed by atoms with Crippen LogP contribution in [0.1, 0.15) is 32.8 Å². The van der Waals surface area contributed by atoms with E-state index in [0.717, 1.165) is 31.2 Å². The van der Waals surface area contributed by atoms with Crippen LogP contribution in [0.2, 0.25) is 0 Å². The van der Waals surface area contributed by atoms with E-state index in [4.69, 9.17) is 4.74 Å². The molecule has 2 nitrogen and oxygen atoms in total. The molecule has 0 unspecified atom stereocenters. The van der Waals surface area contributed by atoms with Crippen LogP contribution in [0.25, 0.3) is 6.08 Å². The van der Waals surface area contributed by atoms with Gasteiger partial charge >= 0.3 is 0 Å². The van der Waals surface area contributed by atoms with Gasteiger partial charge in [-0.2, -0.15) is 0 Å². The molecule has 0 aromatic heterocycles. The van der Waals surface area contributed by atoms with E-state index in [1.165, 1.54) is 5.56 Å². The summed E-state index contributed by atoms with van der Waals surface area (Å²) >= 11 is 0. The monoisotopic (exact) mass is 247 g/mol. The van der Waals surface area contributed by atoms with Crippen molar-refractivity contribution in [3.8, 4) is 5.75 Å². The van der Waals surface area contributed by atoms with Crippen LogP contribution in [0, 0.1) is 5.92 Å². The lowest BCUT2D eigenvalue weighted by atomic mass is 10.2. The van der Waals surface area contributed by atoms with Gasteiger partial charge in [0.1, 0.15) is 5.75 Å². The summed E-state index contributed by atoms with van der Waals surface area (Å²) in [7, 11) is 0. The summed E-state index contributed by atoms with van der Waals surface area (Å²) in [6.45, 7) is 9.30. The van der Waals surface area contributed by atoms with Crippen LogP contribution < -0.4 is 10.1 Å². The molecule has 100 valence electrons. The second-order valence-corrected chi connectivity index (χ2v) is 4.79. The first kappa shape index (κ1) is 14.8. The van der Waals surface area contributed by atoms with Gasteiger partial charge in [-0.1, -0.05) is 38.1 Å². The van der Waals surface area contributed by atoms with E-state index in [-0.39, 0.29) is 0 Å². The van der Waals surface area contributed by atoms with Crippen LogP contribution in [0.4, 0.5) is 0 Å². The van der Waals surface area contributed by atoms with Gasteiger partial charge in [-0.15, -0.1) is 0 Å². The second kappa shape index (κ2) is 8.76. The standard InChI is InChI=1S/C16H25NO/c1-4-18-16-10-7-9-15(12-16)8-5-6-11-17-13-14(2)3/h5,7-10,12,14,17H,4,6,11,13H2,1-3H3. The van der Waals surface area contributed by atoms with Crippen LogP contribution >= 0.6 is 0 Å². The second-order valence-electron chi connectivity index (χ2n) is 4.79. The minimum atomic E-state index is 0.715. The quantitative estimate of drug-likeness (QED) is 0.707. The Balaban J connectivity index is 2.30. The molecule has 0 spiro atoms. The Hall–Kier alpha value is -1.28. The van der Waals surface area contributed by atoms with Gasteiger partial charge in [-0.25, -0.2) is 0 Å². The summed E-state index contributed by atoms with van der Waals surface area (Å²) < 4.78 is 5.47. The van der Waals surface area contributed by atoms with E-state index < -0.39 is 0 Å². The highest BCUT2D eigenvalue weighted by atomic mass is 16.5. The molecule has 0 fully saturated rings. The summed E-state index contributed by atoms with van der Waals surface area (Å²) in [6, 6.07) is 8.19. The molecule has 0 aliphatic carbocycles. The van der Waals surface area contributed by atoms with Crippen molar-refractivity contribution in [2.24, 2.45) is 5.92 Å². The van der Waals surface area contributed by atoms with Crippen molar-refractivity contribution >= 4 is 6.08 Å². The Morgan fingerprint density at radius 2 is 2.17 bits per heavy atom. The van der Waals surface area contributed by atoms with Crippen LogP contribution in [-0.2, 0) is 0 Å². The zero-order valence-corrected chi connectivity index (χ0v) is 11.8. The fourth-order valence-corrected chi connectivity index (χ4v) is 1.67. The van der Waals surface area contributed by atoms with Gasteiger partial charge in [0.05, 0.1) is 6.61 Å². The molecule has 0 bridgehead atoms. The number of benzene rings is 1. The van der Waals surface area contributed by atoms with Gasteiger partial charge in [-0.3, -0.25) is 0 Å². The van der Waals surface area contributed by atoms with Crippen molar-refractivity contribution in [1.29, 1.82) is 0 Å². The minimum Gasteiger partial charge on any atom is -0.494 e. The molecule has 0 saturated heterocycles. The fourth-order valence-electron chi connectivity index (χ4n) is 1.67. The molecule has 0 heterocycles. The highest BCUT2D eigenvalue weighted by molar-refractivity contribution is 5.51. The average Bonchev–Trinajstić information content (AvgIpc) is 2.34. The van der Waals surface area contributed by atoms with Gasteiger partial charge in [-0.05, 0) is 50.0 Å². The lowest BCUT2D eigenvalue weighted by molar-refractivity contribution is 0.340. The van der Waals surface area contributed by atoms with Crippen molar-refractivity contribution in [2.45, 2.75) is 27.2 Å². The Morgan fingerprint density at radius 1 is 1.33 bits per heavy atom. The Kier molecular flexibility index (Phi) is 7.19. The number of nitrogens with one attached hydrogen (secondary N) is 1. The Bertz CT molecular complexity index is 358. The first-order valence-corrected chi connectivity index (χ1v) is 6.82. The van der Waals surface area contributed by atoms with Crippen LogP contribution in [0.3, 0.4) is 0 Å². The normalized spacial score (nSPS) is 11.3. The molecule has 0 atom stereocenters. The molecular weight excluding hydrogens is 222 g/mol. The summed E-state index contributed by atoms with van der Waals surface area (Å²) in [5.41, 5.74) is 1.20. The van der Waals surface area contributed by atoms with Gasteiger partial charge < -0.3 is 10.1 Å². The molecule has 0 radical (unpaired) electrons. The molecule has 1 rings (SSSR count). The molecule has 1 aromatic rings. The highest BCUT2D eigenvalue weighted by Crippen LogP contribution is 2.14. The zero-order chi connectivity index (χ0) is 13.2. The van der Waals surface area contributed by atoms with E-state index >= 15 is 0 Å². The lowest BCUT2D eigenvalue weighted by Gasteiger charge is -2.05. The third-order valence-corrected chi connectivity index (χ3v) is 2.52. The number of ether oxygens (including phenoxy) is 1. The number of rotatable bonds is 8. The van der Waals surface area contributed by atoms with E-state index in [0.29, 0.717) is 6.61 Å². The van der Waals surface area contributed by atoms with Crippen molar-refractivity contribution in [3.05, 3.63) is 35.9 Å². The van der Waals surface area contributed by atoms with Crippen LogP contribution in [-0.4, -0.2) is 19.7 Å². The zero-order valence-electron chi connectivity index (χ0n) is 11.8. The molecular formula is C16H25NO. The topological polar surface area (TPSA) is 21.3 Å². The molecule has 18 heavy (non-hydrogen) atoms. The number of hydrogen-bond acceptors (Lipinski definition) is 2. The Labute approximate surface area is 111 Å². The van der Waals surface area contributed by atoms with Gasteiger partial charge in [0.15, 0.2) is 0 Å². The van der Waals surface area contributed by atoms with Crippen LogP contribution in [0.15, 0.2) is 30.3 Å². The van der Waals surface area contributed by atoms with Gasteiger partial charge in [0.2, 0.25) is 0 Å². The van der Waals surface area contributed by atoms with E-state index in [1.54, 1.807) is 0 Å². The molecule has 1 aromatic carbocycles. The maximum Gasteiger partial charge on any atom is 0.119 e. The number of hydrogen-bond donors (Lipinski definition) is 1. The minimum absolute atomic E-state index is 0.715. The summed E-state index contributed by atoms with van der Waals surface area (Å²) in [5, 5.41) is 3.43. The third kappa shape index (κ3) is 6.45. The van der Waals surface area contributed by atoms with Crippen molar-refractivity contribution in [2.75, 3.05) is 19.7 Å². The smallest absolute Gasteiger partial charge is 0.119 e. The van der Waals surface area contributed by atoms with Gasteiger partial charge in [0.25, 0.3) is 0 Å². The van der Waals surface area contributed by atoms with Crippen LogP contribution in [0.5, 0.6) is 5.75 Å². The first-order valence-electron chi connectivity index (χ1n) is 6.82. The molecule has 2 heteroatoms. The maximum atomic E-state index is 5.47. The largest absolute Gasteiger partial charge is 0.494 e. The lowest BCUT2D eigenvalue weighted by Crippen LogP contribution is -2.20. The highest BCUT2D eigenvalue weighted by Gasteiger charge is 1.93. The van der Waals surface area contributed by atoms with E-state index in [1.807, 2.05) is 19.1 Å². The van der Waals surface area contributed by atoms with E-state index in [2.05, 4.69) is 43.4 Å². The molecule has 0 aliphatic heterocycles. The predicted octanol–water partition coefficient (Wildman–Crippen LogP) is 3.73. The van der Waals surface area contributed by atoms with E-state index in [9.17, 15) is 0 Å². The van der Waals surface area contributed by atoms with Crippen molar-refractivity contribution in [3.63, 3.8) is 0 Å². The Morgan fingerprint density at radius 3 is 2.89 bits per heavy atom. The van der Waals surface area contributed by atoms with Gasteiger partial charge in [0, 0.05) is 0 Å². The average molecular weight is 247 g/mol. The molecule has 0 aliphatic rings. The molecule has 0 amide bonds. The third-order valence-electron chi connectivity index (χ3n) is 2.52. The van der Waals surface area contributed by atoms with Crippen molar-refractivity contribution in [1.82, 2.24) is 5.32 Å². The summed E-state index contributed by atoms with van der Waals surface area (Å²) in [4.78, 5) is 0. The predicted molar refractivity (Wildman–Crippen MR) is 79.0 cm³/mol. The molecule has 1 N–H and O–H groups in total. The molecule has 0 saturated carbocycles.